The number of hydrogen-bond acceptors (Lipinski definition) is 3. The number of nitrogens with two attached hydrogens (primary N) is 1. The molecule has 0 aliphatic carbocycles. The largest absolute Gasteiger partial charge is 0.494 e. The van der Waals surface area contributed by atoms with Gasteiger partial charge in [0.05, 0.1) is 17.2 Å². The third-order valence-corrected chi connectivity index (χ3v) is 2.41. The van der Waals surface area contributed by atoms with E-state index < -0.39 is 5.91 Å². The lowest BCUT2D eigenvalue weighted by Crippen LogP contribution is -2.30. The predicted molar refractivity (Wildman–Crippen MR) is 63.5 cm³/mol. The molecule has 1 aromatic carbocycles. The smallest absolute Gasteiger partial charge is 0.266 e. The zero-order valence-corrected chi connectivity index (χ0v) is 9.88. The third kappa shape index (κ3) is 3.40. The summed E-state index contributed by atoms with van der Waals surface area (Å²) < 4.78 is 5.46. The number of nitrogens with one attached hydrogen (secondary N) is 1. The number of rotatable bonds is 5. The van der Waals surface area contributed by atoms with Crippen molar-refractivity contribution in [3.8, 4) is 5.75 Å². The molecule has 1 amide bonds. The van der Waals surface area contributed by atoms with Gasteiger partial charge in [0.2, 0.25) is 0 Å². The number of hydrazine groups is 1. The molecule has 0 unspecified atom stereocenters. The minimum Gasteiger partial charge on any atom is -0.494 e. The molecule has 0 saturated heterocycles. The topological polar surface area (TPSA) is 64.3 Å². The average Bonchev–Trinajstić information content (AvgIpc) is 2.30. The zero-order chi connectivity index (χ0) is 12.0. The average molecular weight is 243 g/mol. The van der Waals surface area contributed by atoms with Crippen molar-refractivity contribution in [3.05, 3.63) is 28.8 Å². The molecular weight excluding hydrogens is 228 g/mol. The Labute approximate surface area is 99.7 Å². The van der Waals surface area contributed by atoms with Crippen LogP contribution >= 0.6 is 11.6 Å². The van der Waals surface area contributed by atoms with Crippen LogP contribution in [0.3, 0.4) is 0 Å². The number of benzene rings is 1. The number of amides is 1. The summed E-state index contributed by atoms with van der Waals surface area (Å²) in [7, 11) is 0. The van der Waals surface area contributed by atoms with Gasteiger partial charge in [-0.25, -0.2) is 5.84 Å². The lowest BCUT2D eigenvalue weighted by molar-refractivity contribution is 0.0953. The fourth-order valence-electron chi connectivity index (χ4n) is 1.18. The molecule has 1 aromatic rings. The van der Waals surface area contributed by atoms with Gasteiger partial charge in [0.1, 0.15) is 5.75 Å². The van der Waals surface area contributed by atoms with Crippen molar-refractivity contribution in [1.82, 2.24) is 5.43 Å². The van der Waals surface area contributed by atoms with Gasteiger partial charge >= 0.3 is 0 Å². The molecule has 16 heavy (non-hydrogen) atoms. The number of halogens is 1. The summed E-state index contributed by atoms with van der Waals surface area (Å²) in [6, 6.07) is 4.93. The first-order chi connectivity index (χ1) is 7.69. The predicted octanol–water partition coefficient (Wildman–Crippen LogP) is 2.12. The Bertz CT molecular complexity index is 369. The van der Waals surface area contributed by atoms with Gasteiger partial charge in [-0.15, -0.1) is 0 Å². The van der Waals surface area contributed by atoms with Crippen LogP contribution in [0.1, 0.15) is 30.1 Å². The van der Waals surface area contributed by atoms with E-state index in [0.717, 1.165) is 12.8 Å². The molecule has 1 rings (SSSR count). The first kappa shape index (κ1) is 12.8. The van der Waals surface area contributed by atoms with E-state index in [1.165, 1.54) is 0 Å². The second-order valence-corrected chi connectivity index (χ2v) is 3.72. The molecule has 5 heteroatoms. The first-order valence-electron chi connectivity index (χ1n) is 5.12. The molecule has 0 bridgehead atoms. The molecular formula is C11H15ClN2O2. The highest BCUT2D eigenvalue weighted by atomic mass is 35.5. The van der Waals surface area contributed by atoms with Crippen LogP contribution in [0.5, 0.6) is 5.75 Å². The van der Waals surface area contributed by atoms with E-state index in [-0.39, 0.29) is 0 Å². The highest BCUT2D eigenvalue weighted by Crippen LogP contribution is 2.22. The van der Waals surface area contributed by atoms with Gasteiger partial charge < -0.3 is 4.74 Å². The van der Waals surface area contributed by atoms with Gasteiger partial charge in [0, 0.05) is 0 Å². The standard InChI is InChI=1S/C11H15ClN2O2/c1-2-3-6-16-8-4-5-10(12)9(7-8)11(15)14-13/h4-5,7H,2-3,6,13H2,1H3,(H,14,15). The summed E-state index contributed by atoms with van der Waals surface area (Å²) in [4.78, 5) is 11.3. The van der Waals surface area contributed by atoms with Gasteiger partial charge in [-0.1, -0.05) is 24.9 Å². The van der Waals surface area contributed by atoms with Crippen molar-refractivity contribution in [3.63, 3.8) is 0 Å². The van der Waals surface area contributed by atoms with E-state index in [1.54, 1.807) is 18.2 Å². The quantitative estimate of drug-likeness (QED) is 0.360. The van der Waals surface area contributed by atoms with Crippen LogP contribution in [0.2, 0.25) is 5.02 Å². The molecule has 0 radical (unpaired) electrons. The molecule has 3 N–H and O–H groups in total. The molecule has 0 heterocycles. The summed E-state index contributed by atoms with van der Waals surface area (Å²) in [6.07, 6.45) is 2.03. The second-order valence-electron chi connectivity index (χ2n) is 3.32. The minimum absolute atomic E-state index is 0.318. The lowest BCUT2D eigenvalue weighted by atomic mass is 10.2. The maximum absolute atomic E-state index is 11.3. The lowest BCUT2D eigenvalue weighted by Gasteiger charge is -2.08. The SMILES string of the molecule is CCCCOc1ccc(Cl)c(C(=O)NN)c1. The van der Waals surface area contributed by atoms with Crippen molar-refractivity contribution < 1.29 is 9.53 Å². The fourth-order valence-corrected chi connectivity index (χ4v) is 1.38. The third-order valence-electron chi connectivity index (χ3n) is 2.08. The van der Waals surface area contributed by atoms with Gasteiger partial charge in [-0.3, -0.25) is 10.2 Å². The molecule has 0 aliphatic heterocycles. The summed E-state index contributed by atoms with van der Waals surface area (Å²) in [5.74, 6) is 5.24. The molecule has 0 aliphatic rings. The number of unbranched alkanes of at least 4 members (excludes halogenated alkanes) is 1. The van der Waals surface area contributed by atoms with Gasteiger partial charge in [0.15, 0.2) is 0 Å². The van der Waals surface area contributed by atoms with E-state index in [1.807, 2.05) is 5.43 Å². The number of hydrogen-bond donors (Lipinski definition) is 2. The van der Waals surface area contributed by atoms with Crippen LogP contribution in [0.25, 0.3) is 0 Å². The van der Waals surface area contributed by atoms with Crippen molar-refractivity contribution >= 4 is 17.5 Å². The highest BCUT2D eigenvalue weighted by molar-refractivity contribution is 6.33. The Morgan fingerprint density at radius 1 is 1.56 bits per heavy atom. The maximum atomic E-state index is 11.3. The Kier molecular flexibility index (Phi) is 5.08. The molecule has 0 saturated carbocycles. The number of carbonyl (C=O) groups excluding carboxylic acids is 1. The first-order valence-corrected chi connectivity index (χ1v) is 5.50. The molecule has 0 spiro atoms. The van der Waals surface area contributed by atoms with Gasteiger partial charge in [-0.05, 0) is 24.6 Å². The van der Waals surface area contributed by atoms with Crippen molar-refractivity contribution in [2.24, 2.45) is 5.84 Å². The van der Waals surface area contributed by atoms with Crippen LogP contribution in [0.4, 0.5) is 0 Å². The second kappa shape index (κ2) is 6.35. The molecule has 0 aromatic heterocycles. The zero-order valence-electron chi connectivity index (χ0n) is 9.13. The number of carbonyl (C=O) groups is 1. The van der Waals surface area contributed by atoms with E-state index in [9.17, 15) is 4.79 Å². The monoisotopic (exact) mass is 242 g/mol. The normalized spacial score (nSPS) is 9.94. The molecule has 4 nitrogen and oxygen atoms in total. The summed E-state index contributed by atoms with van der Waals surface area (Å²) in [6.45, 7) is 2.71. The maximum Gasteiger partial charge on any atom is 0.266 e. The van der Waals surface area contributed by atoms with Crippen LogP contribution in [0.15, 0.2) is 18.2 Å². The van der Waals surface area contributed by atoms with Gasteiger partial charge in [-0.2, -0.15) is 0 Å². The van der Waals surface area contributed by atoms with Crippen LogP contribution in [-0.4, -0.2) is 12.5 Å². The van der Waals surface area contributed by atoms with Crippen LogP contribution in [-0.2, 0) is 0 Å². The molecule has 0 atom stereocenters. The van der Waals surface area contributed by atoms with Crippen LogP contribution < -0.4 is 16.0 Å². The Morgan fingerprint density at radius 2 is 2.31 bits per heavy atom. The van der Waals surface area contributed by atoms with E-state index in [0.29, 0.717) is 22.9 Å². The highest BCUT2D eigenvalue weighted by Gasteiger charge is 2.10. The summed E-state index contributed by atoms with van der Waals surface area (Å²) in [5.41, 5.74) is 2.36. The van der Waals surface area contributed by atoms with Gasteiger partial charge in [0.25, 0.3) is 5.91 Å². The van der Waals surface area contributed by atoms with Crippen molar-refractivity contribution in [2.45, 2.75) is 19.8 Å². The van der Waals surface area contributed by atoms with Crippen LogP contribution in [0, 0.1) is 0 Å². The Hall–Kier alpha value is -1.26. The Morgan fingerprint density at radius 3 is 2.94 bits per heavy atom. The molecule has 88 valence electrons. The Balaban J connectivity index is 2.77. The summed E-state index contributed by atoms with van der Waals surface area (Å²) >= 11 is 5.86. The molecule has 0 fully saturated rings. The minimum atomic E-state index is -0.425. The fraction of sp³-hybridized carbons (Fsp3) is 0.364. The van der Waals surface area contributed by atoms with Crippen molar-refractivity contribution in [2.75, 3.05) is 6.61 Å². The van der Waals surface area contributed by atoms with E-state index in [4.69, 9.17) is 22.2 Å². The summed E-state index contributed by atoms with van der Waals surface area (Å²) in [5, 5.41) is 0.353. The number of nitrogen functional groups attached to an aromatic ring is 1. The number of ether oxygens (including phenoxy) is 1. The van der Waals surface area contributed by atoms with E-state index >= 15 is 0 Å². The van der Waals surface area contributed by atoms with E-state index in [2.05, 4.69) is 6.92 Å². The van der Waals surface area contributed by atoms with Crippen molar-refractivity contribution in [1.29, 1.82) is 0 Å².